The van der Waals surface area contributed by atoms with E-state index in [9.17, 15) is 0 Å². The number of aromatic nitrogens is 3. The lowest BCUT2D eigenvalue weighted by Crippen LogP contribution is -2.26. The van der Waals surface area contributed by atoms with Crippen LogP contribution in [-0.4, -0.2) is 20.8 Å². The normalized spacial score (nSPS) is 13.1. The van der Waals surface area contributed by atoms with Gasteiger partial charge in [0.2, 0.25) is 0 Å². The first-order chi connectivity index (χ1) is 6.77. The maximum absolute atomic E-state index is 4.09. The van der Waals surface area contributed by atoms with Crippen molar-refractivity contribution in [3.05, 3.63) is 12.2 Å². The fourth-order valence-corrected chi connectivity index (χ4v) is 1.25. The summed E-state index contributed by atoms with van der Waals surface area (Å²) in [4.78, 5) is 0. The van der Waals surface area contributed by atoms with Gasteiger partial charge in [0, 0.05) is 12.6 Å². The van der Waals surface area contributed by atoms with E-state index in [-0.39, 0.29) is 0 Å². The first-order valence-electron chi connectivity index (χ1n) is 5.38. The van der Waals surface area contributed by atoms with Crippen LogP contribution in [0.4, 0.5) is 0 Å². The molecule has 4 nitrogen and oxygen atoms in total. The maximum Gasteiger partial charge on any atom is 0.146 e. The smallest absolute Gasteiger partial charge is 0.146 e. The van der Waals surface area contributed by atoms with Gasteiger partial charge in [0.05, 0.1) is 6.54 Å². The van der Waals surface area contributed by atoms with Gasteiger partial charge in [-0.2, -0.15) is 0 Å². The zero-order chi connectivity index (χ0) is 10.4. The molecule has 0 aliphatic rings. The molecule has 14 heavy (non-hydrogen) atoms. The van der Waals surface area contributed by atoms with Crippen LogP contribution in [0, 0.1) is 0 Å². The van der Waals surface area contributed by atoms with E-state index in [0.29, 0.717) is 6.04 Å². The summed E-state index contributed by atoms with van der Waals surface area (Å²) in [5, 5.41) is 11.4. The molecule has 1 unspecified atom stereocenters. The fraction of sp³-hybridized carbons (Fsp3) is 0.800. The molecule has 1 N–H and O–H groups in total. The van der Waals surface area contributed by atoms with Gasteiger partial charge in [0.15, 0.2) is 0 Å². The zero-order valence-electron chi connectivity index (χ0n) is 9.32. The van der Waals surface area contributed by atoms with E-state index in [0.717, 1.165) is 31.8 Å². The van der Waals surface area contributed by atoms with Crippen molar-refractivity contribution in [1.82, 2.24) is 20.1 Å². The molecular formula is C10H20N4. The van der Waals surface area contributed by atoms with Gasteiger partial charge in [0.25, 0.3) is 0 Å². The lowest BCUT2D eigenvalue weighted by atomic mass is 10.2. The summed E-state index contributed by atoms with van der Waals surface area (Å²) >= 11 is 0. The molecule has 0 aliphatic heterocycles. The van der Waals surface area contributed by atoms with Gasteiger partial charge in [-0.3, -0.25) is 0 Å². The average Bonchev–Trinajstić information content (AvgIpc) is 2.62. The van der Waals surface area contributed by atoms with Gasteiger partial charge in [-0.25, -0.2) is 0 Å². The van der Waals surface area contributed by atoms with Crippen molar-refractivity contribution < 1.29 is 0 Å². The van der Waals surface area contributed by atoms with Crippen molar-refractivity contribution >= 4 is 0 Å². The molecule has 0 aromatic carbocycles. The zero-order valence-corrected chi connectivity index (χ0v) is 9.32. The topological polar surface area (TPSA) is 42.7 Å². The second kappa shape index (κ2) is 5.75. The van der Waals surface area contributed by atoms with E-state index in [1.54, 1.807) is 6.33 Å². The molecule has 1 atom stereocenters. The van der Waals surface area contributed by atoms with Crippen LogP contribution in [0.25, 0.3) is 0 Å². The third kappa shape index (κ3) is 3.10. The van der Waals surface area contributed by atoms with E-state index in [4.69, 9.17) is 0 Å². The Morgan fingerprint density at radius 1 is 1.50 bits per heavy atom. The molecule has 4 heteroatoms. The molecule has 80 valence electrons. The molecule has 0 fully saturated rings. The Morgan fingerprint density at radius 3 is 2.93 bits per heavy atom. The largest absolute Gasteiger partial charge is 0.317 e. The summed E-state index contributed by atoms with van der Waals surface area (Å²) in [6.45, 7) is 8.33. The lowest BCUT2D eigenvalue weighted by Gasteiger charge is -2.11. The second-order valence-corrected chi connectivity index (χ2v) is 3.63. The highest BCUT2D eigenvalue weighted by Gasteiger charge is 2.04. The molecule has 0 bridgehead atoms. The Bertz CT molecular complexity index is 256. The fourth-order valence-electron chi connectivity index (χ4n) is 1.25. The van der Waals surface area contributed by atoms with Crippen LogP contribution >= 0.6 is 0 Å². The molecule has 1 rings (SSSR count). The molecule has 1 heterocycles. The van der Waals surface area contributed by atoms with E-state index < -0.39 is 0 Å². The molecule has 0 radical (unpaired) electrons. The van der Waals surface area contributed by atoms with Crippen LogP contribution in [0.3, 0.4) is 0 Å². The summed E-state index contributed by atoms with van der Waals surface area (Å²) in [6.07, 6.45) is 4.06. The second-order valence-electron chi connectivity index (χ2n) is 3.63. The highest BCUT2D eigenvalue weighted by molar-refractivity contribution is 4.85. The Kier molecular flexibility index (Phi) is 4.59. The van der Waals surface area contributed by atoms with Crippen molar-refractivity contribution in [3.63, 3.8) is 0 Å². The van der Waals surface area contributed by atoms with Crippen molar-refractivity contribution in [2.24, 2.45) is 0 Å². The monoisotopic (exact) mass is 196 g/mol. The van der Waals surface area contributed by atoms with Crippen LogP contribution in [-0.2, 0) is 13.1 Å². The standard InChI is InChI=1S/C10H20N4/c1-4-6-14-8-12-13-10(14)7-11-9(3)5-2/h8-9,11H,4-7H2,1-3H3. The molecule has 0 saturated heterocycles. The van der Waals surface area contributed by atoms with Crippen molar-refractivity contribution in [3.8, 4) is 0 Å². The summed E-state index contributed by atoms with van der Waals surface area (Å²) in [7, 11) is 0. The van der Waals surface area contributed by atoms with Gasteiger partial charge >= 0.3 is 0 Å². The highest BCUT2D eigenvalue weighted by Crippen LogP contribution is 1.98. The van der Waals surface area contributed by atoms with Gasteiger partial charge in [-0.05, 0) is 19.8 Å². The van der Waals surface area contributed by atoms with Crippen LogP contribution in [0.2, 0.25) is 0 Å². The van der Waals surface area contributed by atoms with Crippen molar-refractivity contribution in [2.75, 3.05) is 0 Å². The quantitative estimate of drug-likeness (QED) is 0.751. The minimum atomic E-state index is 0.543. The minimum Gasteiger partial charge on any atom is -0.317 e. The summed E-state index contributed by atoms with van der Waals surface area (Å²) in [5.41, 5.74) is 0. The molecular weight excluding hydrogens is 176 g/mol. The Hall–Kier alpha value is -0.900. The molecule has 1 aromatic rings. The van der Waals surface area contributed by atoms with E-state index in [2.05, 4.69) is 40.9 Å². The predicted octanol–water partition coefficient (Wildman–Crippen LogP) is 1.58. The maximum atomic E-state index is 4.09. The molecule has 0 saturated carbocycles. The number of rotatable bonds is 6. The van der Waals surface area contributed by atoms with Crippen molar-refractivity contribution in [1.29, 1.82) is 0 Å². The van der Waals surface area contributed by atoms with Crippen LogP contribution < -0.4 is 5.32 Å². The van der Waals surface area contributed by atoms with Crippen LogP contribution in [0.15, 0.2) is 6.33 Å². The van der Waals surface area contributed by atoms with Gasteiger partial charge in [-0.15, -0.1) is 10.2 Å². The lowest BCUT2D eigenvalue weighted by molar-refractivity contribution is 0.505. The van der Waals surface area contributed by atoms with Gasteiger partial charge in [-0.1, -0.05) is 13.8 Å². The number of nitrogens with zero attached hydrogens (tertiary/aromatic N) is 3. The highest BCUT2D eigenvalue weighted by atomic mass is 15.3. The molecule has 0 amide bonds. The molecule has 0 aliphatic carbocycles. The van der Waals surface area contributed by atoms with Crippen LogP contribution in [0.5, 0.6) is 0 Å². The first kappa shape index (κ1) is 11.2. The Morgan fingerprint density at radius 2 is 2.29 bits per heavy atom. The Labute approximate surface area is 85.7 Å². The first-order valence-corrected chi connectivity index (χ1v) is 5.38. The van der Waals surface area contributed by atoms with E-state index >= 15 is 0 Å². The minimum absolute atomic E-state index is 0.543. The predicted molar refractivity (Wildman–Crippen MR) is 56.9 cm³/mol. The molecule has 0 spiro atoms. The number of nitrogens with one attached hydrogen (secondary N) is 1. The third-order valence-electron chi connectivity index (χ3n) is 2.38. The van der Waals surface area contributed by atoms with Crippen LogP contribution in [0.1, 0.15) is 39.4 Å². The van der Waals surface area contributed by atoms with E-state index in [1.807, 2.05) is 0 Å². The van der Waals surface area contributed by atoms with Gasteiger partial charge in [0.1, 0.15) is 12.2 Å². The summed E-state index contributed by atoms with van der Waals surface area (Å²) in [5.74, 6) is 1.03. The average molecular weight is 196 g/mol. The van der Waals surface area contributed by atoms with Gasteiger partial charge < -0.3 is 9.88 Å². The Balaban J connectivity index is 2.45. The SMILES string of the molecule is CCCn1cnnc1CNC(C)CC. The number of hydrogen-bond donors (Lipinski definition) is 1. The summed E-state index contributed by atoms with van der Waals surface area (Å²) in [6, 6.07) is 0.543. The van der Waals surface area contributed by atoms with E-state index in [1.165, 1.54) is 0 Å². The number of hydrogen-bond acceptors (Lipinski definition) is 3. The third-order valence-corrected chi connectivity index (χ3v) is 2.38. The van der Waals surface area contributed by atoms with Crippen molar-refractivity contribution in [2.45, 2.75) is 52.7 Å². The number of aryl methyl sites for hydroxylation is 1. The molecule has 1 aromatic heterocycles. The summed E-state index contributed by atoms with van der Waals surface area (Å²) < 4.78 is 2.11.